The molecule has 5 nitrogen and oxygen atoms in total. The zero-order valence-corrected chi connectivity index (χ0v) is 15.4. The maximum absolute atomic E-state index is 12.9. The third kappa shape index (κ3) is 3.54. The third-order valence-electron chi connectivity index (χ3n) is 6.11. The van der Waals surface area contributed by atoms with Crippen molar-refractivity contribution in [2.75, 3.05) is 5.32 Å². The van der Waals surface area contributed by atoms with Gasteiger partial charge in [-0.3, -0.25) is 4.79 Å². The average Bonchev–Trinajstić information content (AvgIpc) is 2.94. The molecule has 5 heteroatoms. The molecule has 0 saturated heterocycles. The van der Waals surface area contributed by atoms with Gasteiger partial charge in [0.15, 0.2) is 0 Å². The lowest BCUT2D eigenvalue weighted by molar-refractivity contribution is -0.122. The minimum atomic E-state index is 0.0745. The number of carbonyl (C=O) groups excluding carboxylic acids is 1. The second-order valence-electron chi connectivity index (χ2n) is 8.00. The lowest BCUT2D eigenvalue weighted by atomic mass is 9.65. The summed E-state index contributed by atoms with van der Waals surface area (Å²) in [5, 5.41) is 7.70. The van der Waals surface area contributed by atoms with E-state index in [1.807, 2.05) is 35.9 Å². The third-order valence-corrected chi connectivity index (χ3v) is 6.11. The molecule has 1 aromatic heterocycles. The van der Waals surface area contributed by atoms with Gasteiger partial charge >= 0.3 is 0 Å². The molecule has 0 aliphatic heterocycles. The van der Waals surface area contributed by atoms with Crippen LogP contribution in [0.3, 0.4) is 0 Å². The molecular formula is C21H28N4O. The molecule has 1 amide bonds. The van der Waals surface area contributed by atoms with Crippen LogP contribution in [0.5, 0.6) is 0 Å². The Balaban J connectivity index is 1.46. The highest BCUT2D eigenvalue weighted by atomic mass is 16.2. The van der Waals surface area contributed by atoms with Crippen molar-refractivity contribution in [3.05, 3.63) is 47.7 Å². The Morgan fingerprint density at radius 1 is 1.23 bits per heavy atom. The summed E-state index contributed by atoms with van der Waals surface area (Å²) in [7, 11) is 0. The maximum atomic E-state index is 12.9. The summed E-state index contributed by atoms with van der Waals surface area (Å²) >= 11 is 0. The normalized spacial score (nSPS) is 27.9. The molecule has 138 valence electrons. The van der Waals surface area contributed by atoms with Crippen molar-refractivity contribution in [1.29, 1.82) is 0 Å². The molecule has 2 fully saturated rings. The van der Waals surface area contributed by atoms with Gasteiger partial charge in [-0.1, -0.05) is 36.8 Å². The minimum Gasteiger partial charge on any atom is -0.327 e. The van der Waals surface area contributed by atoms with Crippen molar-refractivity contribution in [3.8, 4) is 0 Å². The number of nitrogens with two attached hydrogens (primary N) is 1. The number of fused-ring (bicyclic) bond motifs is 2. The topological polar surface area (TPSA) is 72.9 Å². The summed E-state index contributed by atoms with van der Waals surface area (Å²) in [6, 6.07) is 12.4. The van der Waals surface area contributed by atoms with Gasteiger partial charge in [0.1, 0.15) is 5.82 Å². The zero-order valence-electron chi connectivity index (χ0n) is 15.4. The first-order chi connectivity index (χ1) is 12.6. The van der Waals surface area contributed by atoms with Crippen LogP contribution in [0.2, 0.25) is 0 Å². The largest absolute Gasteiger partial charge is 0.327 e. The van der Waals surface area contributed by atoms with Crippen molar-refractivity contribution in [2.45, 2.75) is 51.6 Å². The molecule has 2 atom stereocenters. The quantitative estimate of drug-likeness (QED) is 0.886. The van der Waals surface area contributed by atoms with Crippen LogP contribution in [0.1, 0.15) is 43.4 Å². The molecule has 2 saturated carbocycles. The number of hydrogen-bond donors (Lipinski definition) is 2. The molecule has 1 aromatic carbocycles. The number of amides is 1. The summed E-state index contributed by atoms with van der Waals surface area (Å²) in [5.41, 5.74) is 8.45. The predicted octanol–water partition coefficient (Wildman–Crippen LogP) is 3.33. The van der Waals surface area contributed by atoms with E-state index in [1.54, 1.807) is 0 Å². The van der Waals surface area contributed by atoms with Gasteiger partial charge in [-0.05, 0) is 50.0 Å². The highest BCUT2D eigenvalue weighted by Crippen LogP contribution is 2.42. The summed E-state index contributed by atoms with van der Waals surface area (Å²) in [6.45, 7) is 2.62. The SMILES string of the molecule is Cc1cc(NC(=O)C2CC3CCCC(C2)C3N)n(Cc2ccccc2)n1. The fourth-order valence-electron chi connectivity index (χ4n) is 4.75. The van der Waals surface area contributed by atoms with Crippen LogP contribution < -0.4 is 11.1 Å². The highest BCUT2D eigenvalue weighted by Gasteiger charge is 2.40. The first-order valence-corrected chi connectivity index (χ1v) is 9.75. The lowest BCUT2D eigenvalue weighted by Gasteiger charge is -2.43. The first kappa shape index (κ1) is 17.3. The number of carbonyl (C=O) groups is 1. The first-order valence-electron chi connectivity index (χ1n) is 9.75. The molecule has 26 heavy (non-hydrogen) atoms. The molecule has 2 aromatic rings. The summed E-state index contributed by atoms with van der Waals surface area (Å²) in [6.07, 6.45) is 5.46. The smallest absolute Gasteiger partial charge is 0.228 e. The summed E-state index contributed by atoms with van der Waals surface area (Å²) in [5.74, 6) is 2.01. The van der Waals surface area contributed by atoms with Gasteiger partial charge in [-0.15, -0.1) is 0 Å². The van der Waals surface area contributed by atoms with E-state index in [9.17, 15) is 4.79 Å². The fourth-order valence-corrected chi connectivity index (χ4v) is 4.75. The Kier molecular flexibility index (Phi) is 4.81. The Labute approximate surface area is 155 Å². The van der Waals surface area contributed by atoms with Crippen molar-refractivity contribution in [1.82, 2.24) is 9.78 Å². The maximum Gasteiger partial charge on any atom is 0.228 e. The van der Waals surface area contributed by atoms with Crippen molar-refractivity contribution in [3.63, 3.8) is 0 Å². The number of aromatic nitrogens is 2. The van der Waals surface area contributed by atoms with Crippen LogP contribution >= 0.6 is 0 Å². The number of anilines is 1. The van der Waals surface area contributed by atoms with E-state index >= 15 is 0 Å². The molecule has 1 heterocycles. The van der Waals surface area contributed by atoms with Crippen LogP contribution in [-0.4, -0.2) is 21.7 Å². The number of rotatable bonds is 4. The number of nitrogens with one attached hydrogen (secondary N) is 1. The van der Waals surface area contributed by atoms with Crippen molar-refractivity contribution in [2.24, 2.45) is 23.5 Å². The summed E-state index contributed by atoms with van der Waals surface area (Å²) in [4.78, 5) is 12.9. The number of hydrogen-bond acceptors (Lipinski definition) is 3. The Bertz CT molecular complexity index is 756. The van der Waals surface area contributed by atoms with E-state index in [2.05, 4.69) is 22.5 Å². The fraction of sp³-hybridized carbons (Fsp3) is 0.524. The number of aryl methyl sites for hydroxylation is 1. The van der Waals surface area contributed by atoms with Crippen LogP contribution in [0.4, 0.5) is 5.82 Å². The summed E-state index contributed by atoms with van der Waals surface area (Å²) < 4.78 is 1.89. The van der Waals surface area contributed by atoms with Gasteiger partial charge in [0, 0.05) is 18.0 Å². The van der Waals surface area contributed by atoms with Crippen molar-refractivity contribution >= 4 is 11.7 Å². The van der Waals surface area contributed by atoms with Gasteiger partial charge in [0.2, 0.25) is 5.91 Å². The minimum absolute atomic E-state index is 0.0745. The molecule has 0 radical (unpaired) electrons. The van der Waals surface area contributed by atoms with Gasteiger partial charge in [-0.25, -0.2) is 4.68 Å². The molecule has 0 spiro atoms. The Morgan fingerprint density at radius 2 is 1.92 bits per heavy atom. The second-order valence-corrected chi connectivity index (χ2v) is 8.00. The monoisotopic (exact) mass is 352 g/mol. The van der Waals surface area contributed by atoms with Gasteiger partial charge in [0.05, 0.1) is 12.2 Å². The molecule has 2 unspecified atom stereocenters. The van der Waals surface area contributed by atoms with Gasteiger partial charge in [0.25, 0.3) is 0 Å². The van der Waals surface area contributed by atoms with E-state index < -0.39 is 0 Å². The Hall–Kier alpha value is -2.14. The van der Waals surface area contributed by atoms with Crippen LogP contribution in [-0.2, 0) is 11.3 Å². The highest BCUT2D eigenvalue weighted by molar-refractivity contribution is 5.92. The van der Waals surface area contributed by atoms with E-state index in [1.165, 1.54) is 24.8 Å². The molecular weight excluding hydrogens is 324 g/mol. The molecule has 2 aliphatic carbocycles. The predicted molar refractivity (Wildman–Crippen MR) is 103 cm³/mol. The van der Waals surface area contributed by atoms with E-state index in [0.29, 0.717) is 24.4 Å². The second kappa shape index (κ2) is 7.23. The van der Waals surface area contributed by atoms with Crippen LogP contribution in [0.15, 0.2) is 36.4 Å². The van der Waals surface area contributed by atoms with Crippen LogP contribution in [0, 0.1) is 24.7 Å². The lowest BCUT2D eigenvalue weighted by Crippen LogP contribution is -2.48. The van der Waals surface area contributed by atoms with E-state index in [0.717, 1.165) is 24.4 Å². The average molecular weight is 352 g/mol. The zero-order chi connectivity index (χ0) is 18.1. The van der Waals surface area contributed by atoms with Crippen molar-refractivity contribution < 1.29 is 4.79 Å². The standard InChI is InChI=1S/C21H28N4O/c1-14-10-19(25(24-14)13-15-6-3-2-4-7-15)23-21(26)18-11-16-8-5-9-17(12-18)20(16)22/h2-4,6-7,10,16-18,20H,5,8-9,11-13,22H2,1H3,(H,23,26). The van der Waals surface area contributed by atoms with E-state index in [4.69, 9.17) is 5.73 Å². The van der Waals surface area contributed by atoms with Gasteiger partial charge in [-0.2, -0.15) is 5.10 Å². The molecule has 3 N–H and O–H groups in total. The van der Waals surface area contributed by atoms with E-state index in [-0.39, 0.29) is 11.8 Å². The molecule has 2 bridgehead atoms. The Morgan fingerprint density at radius 3 is 2.62 bits per heavy atom. The number of nitrogens with zero attached hydrogens (tertiary/aromatic N) is 2. The molecule has 2 aliphatic rings. The van der Waals surface area contributed by atoms with Crippen LogP contribution in [0.25, 0.3) is 0 Å². The van der Waals surface area contributed by atoms with Gasteiger partial charge < -0.3 is 11.1 Å². The molecule has 4 rings (SSSR count). The number of benzene rings is 1.